The van der Waals surface area contributed by atoms with E-state index in [0.29, 0.717) is 30.2 Å². The molecule has 316 valence electrons. The van der Waals surface area contributed by atoms with Crippen molar-refractivity contribution < 1.29 is 64.8 Å². The Morgan fingerprint density at radius 3 is 1.88 bits per heavy atom. The second-order valence-electron chi connectivity index (χ2n) is 15.3. The number of aliphatic carboxylic acids is 2. The van der Waals surface area contributed by atoms with Crippen molar-refractivity contribution in [3.63, 3.8) is 0 Å². The van der Waals surface area contributed by atoms with Gasteiger partial charge in [-0.25, -0.2) is 14.0 Å². The van der Waals surface area contributed by atoms with Gasteiger partial charge in [-0.1, -0.05) is 19.3 Å². The molecule has 1 amide bonds. The van der Waals surface area contributed by atoms with E-state index in [-0.39, 0.29) is 23.9 Å². The Hall–Kier alpha value is -4.32. The Kier molecular flexibility index (Phi) is 14.6. The fourth-order valence-electron chi connectivity index (χ4n) is 7.85. The Labute approximate surface area is 325 Å². The van der Waals surface area contributed by atoms with Crippen LogP contribution < -0.4 is 25.0 Å². The minimum atomic E-state index is -5.08. The van der Waals surface area contributed by atoms with E-state index >= 15 is 0 Å². The van der Waals surface area contributed by atoms with E-state index in [2.05, 4.69) is 21.6 Å². The van der Waals surface area contributed by atoms with Crippen molar-refractivity contribution in [1.29, 1.82) is 0 Å². The van der Waals surface area contributed by atoms with E-state index in [1.165, 1.54) is 30.9 Å². The van der Waals surface area contributed by atoms with E-state index < -0.39 is 24.3 Å². The van der Waals surface area contributed by atoms with Gasteiger partial charge in [0.2, 0.25) is 0 Å². The quantitative estimate of drug-likeness (QED) is 0.222. The maximum absolute atomic E-state index is 14.6. The lowest BCUT2D eigenvalue weighted by atomic mass is 9.73. The van der Waals surface area contributed by atoms with Gasteiger partial charge >= 0.3 is 24.3 Å². The highest BCUT2D eigenvalue weighted by atomic mass is 19.4. The lowest BCUT2D eigenvalue weighted by Gasteiger charge is -2.49. The Balaban J connectivity index is 0.000000380. The number of piperidine rings is 2. The summed E-state index contributed by atoms with van der Waals surface area (Å²) in [6.45, 7) is 7.29. The Bertz CT molecular complexity index is 1650. The van der Waals surface area contributed by atoms with Crippen molar-refractivity contribution in [3.05, 3.63) is 53.3 Å². The first-order valence-corrected chi connectivity index (χ1v) is 19.3. The topological polar surface area (TPSA) is 141 Å². The molecule has 18 heteroatoms. The van der Waals surface area contributed by atoms with Gasteiger partial charge in [0.25, 0.3) is 5.91 Å². The molecule has 4 heterocycles. The van der Waals surface area contributed by atoms with Crippen LogP contribution in [0.1, 0.15) is 86.0 Å². The number of carboxylic acids is 2. The van der Waals surface area contributed by atoms with Crippen molar-refractivity contribution in [2.75, 3.05) is 57.3 Å². The fourth-order valence-corrected chi connectivity index (χ4v) is 7.85. The summed E-state index contributed by atoms with van der Waals surface area (Å²) in [5.74, 6) is -3.67. The summed E-state index contributed by atoms with van der Waals surface area (Å²) < 4.78 is 90.9. The van der Waals surface area contributed by atoms with Crippen LogP contribution in [0.25, 0.3) is 0 Å². The first kappa shape index (κ1) is 43.8. The summed E-state index contributed by atoms with van der Waals surface area (Å²) in [7, 11) is 0. The van der Waals surface area contributed by atoms with Gasteiger partial charge in [0, 0.05) is 82.0 Å². The van der Waals surface area contributed by atoms with Gasteiger partial charge in [-0.3, -0.25) is 4.79 Å². The highest BCUT2D eigenvalue weighted by Gasteiger charge is 2.40. The molecule has 1 saturated carbocycles. The largest absolute Gasteiger partial charge is 0.490 e. The molecular weight excluding hydrogens is 769 g/mol. The molecule has 4 N–H and O–H groups in total. The number of anilines is 1. The van der Waals surface area contributed by atoms with Crippen LogP contribution in [-0.2, 0) is 9.59 Å². The number of rotatable bonds is 7. The van der Waals surface area contributed by atoms with Crippen molar-refractivity contribution in [1.82, 2.24) is 15.5 Å². The average molecular weight is 819 g/mol. The van der Waals surface area contributed by atoms with E-state index in [0.717, 1.165) is 101 Å². The van der Waals surface area contributed by atoms with Crippen LogP contribution in [0.15, 0.2) is 36.4 Å². The van der Waals surface area contributed by atoms with Gasteiger partial charge in [-0.15, -0.1) is 0 Å². The third-order valence-corrected chi connectivity index (χ3v) is 11.2. The zero-order chi connectivity index (χ0) is 41.4. The van der Waals surface area contributed by atoms with Crippen LogP contribution in [0, 0.1) is 11.2 Å². The smallest absolute Gasteiger partial charge is 0.490 e. The summed E-state index contributed by atoms with van der Waals surface area (Å²) in [6.07, 6.45) is 0.905. The molecule has 4 saturated heterocycles. The number of benzene rings is 2. The molecule has 0 bridgehead atoms. The molecule has 0 aromatic heterocycles. The molecule has 0 radical (unpaired) electrons. The van der Waals surface area contributed by atoms with Crippen molar-refractivity contribution in [3.8, 4) is 11.5 Å². The number of ether oxygens (including phenoxy) is 2. The molecule has 4 aliphatic heterocycles. The summed E-state index contributed by atoms with van der Waals surface area (Å²) in [4.78, 5) is 35.7. The molecule has 1 spiro atoms. The van der Waals surface area contributed by atoms with E-state index in [4.69, 9.17) is 29.3 Å². The van der Waals surface area contributed by atoms with Gasteiger partial charge in [0.15, 0.2) is 0 Å². The summed E-state index contributed by atoms with van der Waals surface area (Å²) in [5.41, 5.74) is 3.34. The Morgan fingerprint density at radius 1 is 0.737 bits per heavy atom. The Morgan fingerprint density at radius 2 is 1.35 bits per heavy atom. The second-order valence-corrected chi connectivity index (χ2v) is 15.3. The van der Waals surface area contributed by atoms with Crippen molar-refractivity contribution in [2.24, 2.45) is 5.41 Å². The van der Waals surface area contributed by atoms with Crippen molar-refractivity contribution in [2.45, 2.75) is 94.7 Å². The number of nitrogens with one attached hydrogen (secondary N) is 2. The van der Waals surface area contributed by atoms with Gasteiger partial charge < -0.3 is 40.1 Å². The highest BCUT2D eigenvalue weighted by molar-refractivity contribution is 5.94. The number of likely N-dealkylation sites (tertiary alicyclic amines) is 1. The first-order valence-electron chi connectivity index (χ1n) is 19.3. The van der Waals surface area contributed by atoms with Gasteiger partial charge in [-0.2, -0.15) is 26.3 Å². The fraction of sp³-hybridized carbons (Fsp3) is 0.615. The lowest BCUT2D eigenvalue weighted by Crippen LogP contribution is -2.58. The molecule has 0 unspecified atom stereocenters. The van der Waals surface area contributed by atoms with E-state index in [1.54, 1.807) is 6.07 Å². The highest BCUT2D eigenvalue weighted by Crippen LogP contribution is 2.40. The van der Waals surface area contributed by atoms with Crippen LogP contribution in [0.4, 0.5) is 36.4 Å². The van der Waals surface area contributed by atoms with Crippen LogP contribution in [0.2, 0.25) is 0 Å². The third kappa shape index (κ3) is 12.3. The second kappa shape index (κ2) is 19.0. The predicted octanol–water partition coefficient (Wildman–Crippen LogP) is 6.75. The van der Waals surface area contributed by atoms with E-state index in [1.807, 2.05) is 23.1 Å². The minimum absolute atomic E-state index is 0.0297. The molecule has 5 fully saturated rings. The molecule has 1 atom stereocenters. The van der Waals surface area contributed by atoms with Crippen molar-refractivity contribution >= 4 is 23.5 Å². The number of amides is 1. The minimum Gasteiger partial charge on any atom is -0.490 e. The number of carbonyl (C=O) groups excluding carboxylic acids is 1. The van der Waals surface area contributed by atoms with Crippen LogP contribution >= 0.6 is 0 Å². The lowest BCUT2D eigenvalue weighted by molar-refractivity contribution is -0.193. The number of hydrogen-bond donors (Lipinski definition) is 4. The molecular formula is C39H49F7N4O7. The van der Waals surface area contributed by atoms with Crippen LogP contribution in [0.3, 0.4) is 0 Å². The average Bonchev–Trinajstić information content (AvgIpc) is 3.67. The third-order valence-electron chi connectivity index (χ3n) is 11.2. The normalized spacial score (nSPS) is 21.4. The zero-order valence-corrected chi connectivity index (χ0v) is 31.4. The molecule has 7 rings (SSSR count). The summed E-state index contributed by atoms with van der Waals surface area (Å²) in [5, 5.41) is 21.1. The van der Waals surface area contributed by atoms with E-state index in [9.17, 15) is 35.5 Å². The van der Waals surface area contributed by atoms with Gasteiger partial charge in [0.1, 0.15) is 29.5 Å². The molecule has 2 aromatic carbocycles. The predicted molar refractivity (Wildman–Crippen MR) is 194 cm³/mol. The first-order chi connectivity index (χ1) is 26.9. The zero-order valence-electron chi connectivity index (χ0n) is 31.4. The van der Waals surface area contributed by atoms with Gasteiger partial charge in [0.05, 0.1) is 0 Å². The number of carboxylic acid groups (broad SMARTS) is 2. The maximum Gasteiger partial charge on any atom is 0.490 e. The molecule has 57 heavy (non-hydrogen) atoms. The SMILES string of the molecule is O=C(O)C(F)(F)F.O=C(O)C(F)(F)F.O=C(c1ccc(O[C@H]2CCNC2)c(C2CCCCC2)c1)N1CCC(Oc2cc(F)cc(N3CCC4(CC3)CNC4)c2)CC1. The van der Waals surface area contributed by atoms with Crippen LogP contribution in [-0.4, -0.2) is 110 Å². The number of nitrogens with zero attached hydrogens (tertiary/aromatic N) is 2. The molecule has 5 aliphatic rings. The number of halogens is 7. The molecule has 11 nitrogen and oxygen atoms in total. The molecule has 1 aliphatic carbocycles. The van der Waals surface area contributed by atoms with Crippen LogP contribution in [0.5, 0.6) is 11.5 Å². The monoisotopic (exact) mass is 818 g/mol. The maximum atomic E-state index is 14.6. The number of carbonyl (C=O) groups is 3. The number of alkyl halides is 6. The number of hydrogen-bond acceptors (Lipinski definition) is 8. The summed E-state index contributed by atoms with van der Waals surface area (Å²) >= 11 is 0. The van der Waals surface area contributed by atoms with Gasteiger partial charge in [-0.05, 0) is 79.8 Å². The standard InChI is InChI=1S/C35H47FN4O3.2C2HF3O2/c36-27-19-28(39-16-11-35(12-17-39)23-38-24-35)21-31(20-27)42-29-9-14-40(15-10-29)34(41)26-6-7-33(43-30-8-13-37-22-30)32(18-26)25-4-2-1-3-5-25;2*3-2(4,5)1(6)7/h6-7,18-21,25,29-30,37-38H,1-5,8-17,22-24H2;2*(H,6,7)/t30-;;/m0../s1. The molecule has 2 aromatic rings. The summed E-state index contributed by atoms with van der Waals surface area (Å²) in [6, 6.07) is 11.2.